The van der Waals surface area contributed by atoms with Crippen LogP contribution >= 0.6 is 0 Å². The van der Waals surface area contributed by atoms with E-state index in [2.05, 4.69) is 11.6 Å². The van der Waals surface area contributed by atoms with Gasteiger partial charge in [0, 0.05) is 13.2 Å². The fourth-order valence-electron chi connectivity index (χ4n) is 0.498. The summed E-state index contributed by atoms with van der Waals surface area (Å²) in [5.41, 5.74) is 0.861. The normalized spacial score (nSPS) is 12.1. The average molecular weight is 139 g/mol. The van der Waals surface area contributed by atoms with Crippen molar-refractivity contribution in [1.82, 2.24) is 5.01 Å². The van der Waals surface area contributed by atoms with Crippen molar-refractivity contribution in [2.45, 2.75) is 6.92 Å². The number of hydrogen-bond acceptors (Lipinski definition) is 3. The highest BCUT2D eigenvalue weighted by molar-refractivity contribution is 5.77. The molecule has 0 aromatic carbocycles. The number of nitrogens with two attached hydrogens (primary N) is 1. The summed E-state index contributed by atoms with van der Waals surface area (Å²) in [6.45, 7) is 5.34. The van der Waals surface area contributed by atoms with Gasteiger partial charge in [0.25, 0.3) is 0 Å². The van der Waals surface area contributed by atoms with Gasteiger partial charge < -0.3 is 5.01 Å². The Morgan fingerprint density at radius 2 is 2.30 bits per heavy atom. The maximum absolute atomic E-state index is 5.43. The number of aliphatic imine (C=N–C) groups is 1. The van der Waals surface area contributed by atoms with Gasteiger partial charge in [-0.1, -0.05) is 12.7 Å². The van der Waals surface area contributed by atoms with E-state index < -0.39 is 0 Å². The molecule has 0 amide bonds. The summed E-state index contributed by atoms with van der Waals surface area (Å²) in [5, 5.41) is 1.49. The molecule has 0 rings (SSSR count). The molecule has 10 heavy (non-hydrogen) atoms. The van der Waals surface area contributed by atoms with E-state index in [-0.39, 0.29) is 0 Å². The van der Waals surface area contributed by atoms with Crippen LogP contribution in [0.4, 0.5) is 0 Å². The van der Waals surface area contributed by atoms with E-state index in [1.54, 1.807) is 13.3 Å². The minimum Gasteiger partial charge on any atom is -0.313 e. The number of nitrogens with zero attached hydrogens (tertiary/aromatic N) is 2. The molecule has 56 valence electrons. The molecule has 0 fully saturated rings. The van der Waals surface area contributed by atoms with Crippen LogP contribution in [-0.2, 0) is 0 Å². The third-order valence-corrected chi connectivity index (χ3v) is 1.02. The molecule has 0 aliphatic carbocycles. The molecule has 0 aliphatic heterocycles. The summed E-state index contributed by atoms with van der Waals surface area (Å²) in [6, 6.07) is 0. The van der Waals surface area contributed by atoms with E-state index in [1.165, 1.54) is 11.2 Å². The Labute approximate surface area is 61.5 Å². The maximum atomic E-state index is 5.43. The Morgan fingerprint density at radius 3 is 2.60 bits per heavy atom. The van der Waals surface area contributed by atoms with Crippen LogP contribution in [0.1, 0.15) is 6.92 Å². The lowest BCUT2D eigenvalue weighted by Gasteiger charge is -2.10. The molecule has 0 unspecified atom stereocenters. The number of allylic oxidation sites excluding steroid dienone is 2. The first-order valence-electron chi connectivity index (χ1n) is 3.01. The van der Waals surface area contributed by atoms with E-state index in [1.807, 2.05) is 13.0 Å². The molecule has 3 nitrogen and oxygen atoms in total. The zero-order valence-electron chi connectivity index (χ0n) is 6.41. The van der Waals surface area contributed by atoms with Crippen LogP contribution in [0, 0.1) is 0 Å². The van der Waals surface area contributed by atoms with Crippen molar-refractivity contribution in [3.8, 4) is 0 Å². The standard InChI is InChI=1S/C7H13N3/c1-4-7(10(3)8)6-9-5-2/h4-6H,2,8H2,1,3H3/b7-4+,9-6?. The Kier molecular flexibility index (Phi) is 4.24. The van der Waals surface area contributed by atoms with Crippen LogP contribution < -0.4 is 5.84 Å². The quantitative estimate of drug-likeness (QED) is 0.359. The van der Waals surface area contributed by atoms with E-state index in [9.17, 15) is 0 Å². The highest BCUT2D eigenvalue weighted by Crippen LogP contribution is 1.90. The molecule has 0 atom stereocenters. The lowest BCUT2D eigenvalue weighted by Crippen LogP contribution is -2.25. The summed E-state index contributed by atoms with van der Waals surface area (Å²) < 4.78 is 0. The second-order valence-corrected chi connectivity index (χ2v) is 1.79. The monoisotopic (exact) mass is 139 g/mol. The highest BCUT2D eigenvalue weighted by atomic mass is 15.4. The number of hydrazine groups is 1. The molecule has 0 spiro atoms. The number of rotatable bonds is 3. The molecule has 2 N–H and O–H groups in total. The van der Waals surface area contributed by atoms with Crippen molar-refractivity contribution < 1.29 is 0 Å². The van der Waals surface area contributed by atoms with Gasteiger partial charge >= 0.3 is 0 Å². The number of hydrogen-bond donors (Lipinski definition) is 1. The lowest BCUT2D eigenvalue weighted by molar-refractivity contribution is 0.465. The van der Waals surface area contributed by atoms with Crippen molar-refractivity contribution in [3.63, 3.8) is 0 Å². The zero-order chi connectivity index (χ0) is 7.98. The van der Waals surface area contributed by atoms with E-state index >= 15 is 0 Å². The minimum atomic E-state index is 0.861. The summed E-state index contributed by atoms with van der Waals surface area (Å²) >= 11 is 0. The van der Waals surface area contributed by atoms with E-state index in [0.29, 0.717) is 0 Å². The smallest absolute Gasteiger partial charge is 0.0653 e. The summed E-state index contributed by atoms with van der Waals surface area (Å²) in [6.07, 6.45) is 4.98. The highest BCUT2D eigenvalue weighted by Gasteiger charge is 1.90. The van der Waals surface area contributed by atoms with Crippen LogP contribution in [0.5, 0.6) is 0 Å². The van der Waals surface area contributed by atoms with Crippen LogP contribution in [0.3, 0.4) is 0 Å². The van der Waals surface area contributed by atoms with Crippen molar-refractivity contribution >= 4 is 6.21 Å². The molecule has 0 aromatic heterocycles. The first-order chi connectivity index (χ1) is 4.72. The Hall–Kier alpha value is -1.09. The van der Waals surface area contributed by atoms with Crippen LogP contribution in [0.25, 0.3) is 0 Å². The van der Waals surface area contributed by atoms with Crippen LogP contribution in [0.2, 0.25) is 0 Å². The fraction of sp³-hybridized carbons (Fsp3) is 0.286. The van der Waals surface area contributed by atoms with Crippen LogP contribution in [0.15, 0.2) is 29.5 Å². The molecular formula is C7H13N3. The van der Waals surface area contributed by atoms with Gasteiger partial charge in [0.1, 0.15) is 0 Å². The average Bonchev–Trinajstić information content (AvgIpc) is 1.89. The van der Waals surface area contributed by atoms with E-state index in [4.69, 9.17) is 5.84 Å². The van der Waals surface area contributed by atoms with Gasteiger partial charge in [0.15, 0.2) is 0 Å². The topological polar surface area (TPSA) is 41.6 Å². The molecule has 0 aromatic rings. The van der Waals surface area contributed by atoms with Gasteiger partial charge in [0.05, 0.1) is 11.9 Å². The SMILES string of the molecule is C=CN=C/C(=C\C)N(C)N. The third kappa shape index (κ3) is 3.04. The molecule has 0 saturated carbocycles. The molecule has 0 aliphatic rings. The van der Waals surface area contributed by atoms with Crippen molar-refractivity contribution in [3.05, 3.63) is 24.6 Å². The first-order valence-corrected chi connectivity index (χ1v) is 3.01. The second-order valence-electron chi connectivity index (χ2n) is 1.79. The van der Waals surface area contributed by atoms with Gasteiger partial charge in [-0.25, -0.2) is 5.84 Å². The molecule has 0 saturated heterocycles. The van der Waals surface area contributed by atoms with Gasteiger partial charge in [-0.3, -0.25) is 4.99 Å². The summed E-state index contributed by atoms with van der Waals surface area (Å²) in [4.78, 5) is 3.81. The molecular weight excluding hydrogens is 126 g/mol. The largest absolute Gasteiger partial charge is 0.313 e. The zero-order valence-corrected chi connectivity index (χ0v) is 6.41. The van der Waals surface area contributed by atoms with Crippen molar-refractivity contribution in [1.29, 1.82) is 0 Å². The molecule has 3 heteroatoms. The minimum absolute atomic E-state index is 0.861. The molecule has 0 radical (unpaired) electrons. The Morgan fingerprint density at radius 1 is 1.70 bits per heavy atom. The molecule has 0 heterocycles. The second kappa shape index (κ2) is 4.76. The van der Waals surface area contributed by atoms with Gasteiger partial charge in [-0.2, -0.15) is 0 Å². The predicted octanol–water partition coefficient (Wildman–Crippen LogP) is 0.910. The van der Waals surface area contributed by atoms with Gasteiger partial charge in [0.2, 0.25) is 0 Å². The fourth-order valence-corrected chi connectivity index (χ4v) is 0.498. The van der Waals surface area contributed by atoms with E-state index in [0.717, 1.165) is 5.70 Å². The molecule has 0 bridgehead atoms. The Balaban J connectivity index is 4.10. The Bertz CT molecular complexity index is 156. The van der Waals surface area contributed by atoms with Crippen molar-refractivity contribution in [2.24, 2.45) is 10.8 Å². The first kappa shape index (κ1) is 8.91. The lowest BCUT2D eigenvalue weighted by atomic mass is 10.4. The van der Waals surface area contributed by atoms with Crippen molar-refractivity contribution in [2.75, 3.05) is 7.05 Å². The third-order valence-electron chi connectivity index (χ3n) is 1.02. The summed E-state index contributed by atoms with van der Waals surface area (Å²) in [7, 11) is 1.75. The maximum Gasteiger partial charge on any atom is 0.0653 e. The van der Waals surface area contributed by atoms with Crippen LogP contribution in [-0.4, -0.2) is 18.3 Å². The van der Waals surface area contributed by atoms with Gasteiger partial charge in [-0.15, -0.1) is 0 Å². The predicted molar refractivity (Wildman–Crippen MR) is 44.4 cm³/mol. The van der Waals surface area contributed by atoms with Gasteiger partial charge in [-0.05, 0) is 6.92 Å². The summed E-state index contributed by atoms with van der Waals surface area (Å²) in [5.74, 6) is 5.43.